The van der Waals surface area contributed by atoms with Crippen LogP contribution in [0.1, 0.15) is 25.0 Å². The van der Waals surface area contributed by atoms with Crippen LogP contribution < -0.4 is 5.73 Å². The fourth-order valence-corrected chi connectivity index (χ4v) is 1.29. The fourth-order valence-electron chi connectivity index (χ4n) is 1.29. The third kappa shape index (κ3) is 3.76. The second-order valence-electron chi connectivity index (χ2n) is 4.05. The van der Waals surface area contributed by atoms with Gasteiger partial charge in [-0.3, -0.25) is 4.99 Å². The van der Waals surface area contributed by atoms with Gasteiger partial charge >= 0.3 is 6.18 Å². The lowest BCUT2D eigenvalue weighted by molar-refractivity contribution is -0.138. The van der Waals surface area contributed by atoms with E-state index in [9.17, 15) is 13.2 Å². The molecule has 0 atom stereocenters. The lowest BCUT2D eigenvalue weighted by atomic mass is 10.1. The van der Waals surface area contributed by atoms with Gasteiger partial charge in [-0.05, 0) is 11.6 Å². The van der Waals surface area contributed by atoms with Crippen LogP contribution in [0.25, 0.3) is 0 Å². The van der Waals surface area contributed by atoms with Crippen molar-refractivity contribution in [2.45, 2.75) is 26.6 Å². The number of nitrogens with zero attached hydrogens (tertiary/aromatic N) is 1. The van der Waals surface area contributed by atoms with Crippen LogP contribution in [0.4, 0.5) is 13.2 Å². The van der Waals surface area contributed by atoms with Gasteiger partial charge in [-0.25, -0.2) is 0 Å². The summed E-state index contributed by atoms with van der Waals surface area (Å²) in [6.07, 6.45) is -4.35. The molecular weight excluding hydrogens is 229 g/mol. The molecule has 0 unspecified atom stereocenters. The van der Waals surface area contributed by atoms with Crippen molar-refractivity contribution >= 4 is 5.84 Å². The van der Waals surface area contributed by atoms with Gasteiger partial charge in [0.25, 0.3) is 0 Å². The number of hydrogen-bond acceptors (Lipinski definition) is 1. The van der Waals surface area contributed by atoms with E-state index in [-0.39, 0.29) is 18.0 Å². The van der Waals surface area contributed by atoms with Crippen LogP contribution in [0.15, 0.2) is 29.3 Å². The Morgan fingerprint density at radius 2 is 1.88 bits per heavy atom. The molecule has 0 aliphatic carbocycles. The third-order valence-electron chi connectivity index (χ3n) is 2.35. The smallest absolute Gasteiger partial charge is 0.387 e. The first-order chi connectivity index (χ1) is 7.82. The van der Waals surface area contributed by atoms with Crippen molar-refractivity contribution in [2.75, 3.05) is 0 Å². The Hall–Kier alpha value is -1.52. The first-order valence-corrected chi connectivity index (χ1v) is 5.27. The average molecular weight is 244 g/mol. The number of benzene rings is 1. The van der Waals surface area contributed by atoms with Gasteiger partial charge in [-0.15, -0.1) is 0 Å². The summed E-state index contributed by atoms with van der Waals surface area (Å²) in [5, 5.41) is 0. The number of rotatable bonds is 3. The van der Waals surface area contributed by atoms with E-state index in [4.69, 9.17) is 5.73 Å². The first-order valence-electron chi connectivity index (χ1n) is 5.27. The van der Waals surface area contributed by atoms with E-state index in [0.29, 0.717) is 5.84 Å². The molecule has 0 fully saturated rings. The lowest BCUT2D eigenvalue weighted by Gasteiger charge is -2.11. The van der Waals surface area contributed by atoms with Crippen molar-refractivity contribution in [1.82, 2.24) is 0 Å². The first kappa shape index (κ1) is 13.5. The molecule has 2 N–H and O–H groups in total. The van der Waals surface area contributed by atoms with E-state index in [1.54, 1.807) is 6.07 Å². The van der Waals surface area contributed by atoms with Crippen LogP contribution in [0.2, 0.25) is 0 Å². The summed E-state index contributed by atoms with van der Waals surface area (Å²) >= 11 is 0. The molecule has 0 aromatic heterocycles. The van der Waals surface area contributed by atoms with Gasteiger partial charge in [-0.2, -0.15) is 13.2 Å². The number of halogens is 3. The van der Waals surface area contributed by atoms with Crippen molar-refractivity contribution < 1.29 is 13.2 Å². The van der Waals surface area contributed by atoms with Crippen molar-refractivity contribution in [3.63, 3.8) is 0 Å². The lowest BCUT2D eigenvalue weighted by Crippen LogP contribution is -2.19. The molecule has 0 spiro atoms. The van der Waals surface area contributed by atoms with E-state index in [0.717, 1.165) is 6.07 Å². The molecule has 17 heavy (non-hydrogen) atoms. The zero-order chi connectivity index (χ0) is 13.1. The third-order valence-corrected chi connectivity index (χ3v) is 2.35. The zero-order valence-corrected chi connectivity index (χ0v) is 9.75. The second kappa shape index (κ2) is 5.21. The van der Waals surface area contributed by atoms with Crippen molar-refractivity contribution in [3.05, 3.63) is 35.4 Å². The van der Waals surface area contributed by atoms with Crippen molar-refractivity contribution in [2.24, 2.45) is 16.6 Å². The summed E-state index contributed by atoms with van der Waals surface area (Å²) in [5.41, 5.74) is 5.08. The zero-order valence-electron chi connectivity index (χ0n) is 9.75. The maximum absolute atomic E-state index is 12.7. The Kier molecular flexibility index (Phi) is 4.15. The van der Waals surface area contributed by atoms with E-state index < -0.39 is 11.7 Å². The molecule has 0 saturated carbocycles. The molecule has 2 nitrogen and oxygen atoms in total. The Bertz CT molecular complexity index is 408. The molecule has 1 aromatic rings. The molecule has 0 saturated heterocycles. The van der Waals surface area contributed by atoms with Gasteiger partial charge in [0.15, 0.2) is 0 Å². The molecule has 0 heterocycles. The number of alkyl halides is 3. The number of hydrogen-bond donors (Lipinski definition) is 1. The monoisotopic (exact) mass is 244 g/mol. The van der Waals surface area contributed by atoms with E-state index in [2.05, 4.69) is 4.99 Å². The average Bonchev–Trinajstić information content (AvgIpc) is 2.24. The van der Waals surface area contributed by atoms with Gasteiger partial charge in [0, 0.05) is 5.92 Å². The predicted octanol–water partition coefficient (Wildman–Crippen LogP) is 3.22. The summed E-state index contributed by atoms with van der Waals surface area (Å²) in [6, 6.07) is 5.39. The highest BCUT2D eigenvalue weighted by molar-refractivity contribution is 5.82. The largest absolute Gasteiger partial charge is 0.416 e. The second-order valence-corrected chi connectivity index (χ2v) is 4.05. The fraction of sp³-hybridized carbons (Fsp3) is 0.417. The van der Waals surface area contributed by atoms with Crippen LogP contribution >= 0.6 is 0 Å². The highest BCUT2D eigenvalue weighted by Crippen LogP contribution is 2.32. The molecule has 1 rings (SSSR count). The van der Waals surface area contributed by atoms with Gasteiger partial charge in [0.2, 0.25) is 0 Å². The van der Waals surface area contributed by atoms with Crippen molar-refractivity contribution in [3.8, 4) is 0 Å². The Morgan fingerprint density at radius 3 is 2.41 bits per heavy atom. The molecule has 0 amide bonds. The number of aliphatic imine (C=N–C) groups is 1. The molecule has 0 radical (unpaired) electrons. The summed E-state index contributed by atoms with van der Waals surface area (Å²) in [5.74, 6) is 0.398. The van der Waals surface area contributed by atoms with E-state index >= 15 is 0 Å². The number of amidine groups is 1. The highest BCUT2D eigenvalue weighted by atomic mass is 19.4. The van der Waals surface area contributed by atoms with E-state index in [1.165, 1.54) is 12.1 Å². The minimum absolute atomic E-state index is 0.0352. The molecule has 94 valence electrons. The Morgan fingerprint density at radius 1 is 1.29 bits per heavy atom. The van der Waals surface area contributed by atoms with Gasteiger partial charge in [-0.1, -0.05) is 32.0 Å². The molecule has 0 aliphatic rings. The molecular formula is C12H15F3N2. The topological polar surface area (TPSA) is 38.4 Å². The van der Waals surface area contributed by atoms with Crippen LogP contribution in [0.5, 0.6) is 0 Å². The summed E-state index contributed by atoms with van der Waals surface area (Å²) in [6.45, 7) is 3.64. The van der Waals surface area contributed by atoms with Gasteiger partial charge < -0.3 is 5.73 Å². The minimum atomic E-state index is -4.35. The maximum atomic E-state index is 12.7. The standard InChI is InChI=1S/C12H15F3N2/c1-8(2)11(16)17-7-9-5-3-4-6-10(9)12(13,14)15/h3-6,8H,7H2,1-2H3,(H2,16,17). The molecule has 0 aliphatic heterocycles. The quantitative estimate of drug-likeness (QED) is 0.643. The summed E-state index contributed by atoms with van der Waals surface area (Å²) < 4.78 is 38.0. The maximum Gasteiger partial charge on any atom is 0.416 e. The number of nitrogens with two attached hydrogens (primary N) is 1. The van der Waals surface area contributed by atoms with Crippen LogP contribution in [-0.2, 0) is 12.7 Å². The molecule has 0 bridgehead atoms. The van der Waals surface area contributed by atoms with Crippen LogP contribution in [0.3, 0.4) is 0 Å². The predicted molar refractivity (Wildman–Crippen MR) is 61.6 cm³/mol. The Labute approximate surface area is 98.4 Å². The minimum Gasteiger partial charge on any atom is -0.387 e. The normalized spacial score (nSPS) is 13.2. The van der Waals surface area contributed by atoms with Gasteiger partial charge in [0.05, 0.1) is 17.9 Å². The SMILES string of the molecule is CC(C)C(N)=NCc1ccccc1C(F)(F)F. The van der Waals surface area contributed by atoms with Gasteiger partial charge in [0.1, 0.15) is 0 Å². The van der Waals surface area contributed by atoms with Crippen LogP contribution in [-0.4, -0.2) is 5.84 Å². The Balaban J connectivity index is 2.96. The van der Waals surface area contributed by atoms with Crippen molar-refractivity contribution in [1.29, 1.82) is 0 Å². The summed E-state index contributed by atoms with van der Waals surface area (Å²) in [7, 11) is 0. The summed E-state index contributed by atoms with van der Waals surface area (Å²) in [4.78, 5) is 3.96. The highest BCUT2D eigenvalue weighted by Gasteiger charge is 2.32. The van der Waals surface area contributed by atoms with E-state index in [1.807, 2.05) is 13.8 Å². The molecule has 1 aromatic carbocycles. The molecule has 5 heteroatoms. The van der Waals surface area contributed by atoms with Crippen LogP contribution in [0, 0.1) is 5.92 Å².